The lowest BCUT2D eigenvalue weighted by Crippen LogP contribution is -1.97. The van der Waals surface area contributed by atoms with Gasteiger partial charge in [0.05, 0.1) is 12.8 Å². The van der Waals surface area contributed by atoms with Gasteiger partial charge in [-0.15, -0.1) is 0 Å². The first kappa shape index (κ1) is 14.7. The van der Waals surface area contributed by atoms with Gasteiger partial charge in [0.15, 0.2) is 0 Å². The Bertz CT molecular complexity index is 868. The average Bonchev–Trinajstić information content (AvgIpc) is 2.62. The molecule has 3 rings (SSSR count). The fraction of sp³-hybridized carbons (Fsp3) is 0.0526. The highest BCUT2D eigenvalue weighted by Gasteiger charge is 2.15. The molecule has 0 aliphatic carbocycles. The lowest BCUT2D eigenvalue weighted by atomic mass is 9.99. The van der Waals surface area contributed by atoms with Crippen molar-refractivity contribution in [3.05, 3.63) is 72.2 Å². The summed E-state index contributed by atoms with van der Waals surface area (Å²) >= 11 is 0. The molecule has 0 radical (unpaired) electrons. The van der Waals surface area contributed by atoms with E-state index in [1.165, 1.54) is 0 Å². The van der Waals surface area contributed by atoms with Crippen molar-refractivity contribution in [3.8, 4) is 34.2 Å². The maximum Gasteiger partial charge on any atom is 0.232 e. The van der Waals surface area contributed by atoms with Gasteiger partial charge in [0.25, 0.3) is 0 Å². The first-order valence-electron chi connectivity index (χ1n) is 7.03. The van der Waals surface area contributed by atoms with Crippen molar-refractivity contribution >= 4 is 0 Å². The van der Waals surface area contributed by atoms with E-state index < -0.39 is 5.95 Å². The SMILES string of the molecule is COc1ccc(-c2cc(-c3ccccc3)nc(F)c2C#N)cc1. The van der Waals surface area contributed by atoms with Gasteiger partial charge in [0.2, 0.25) is 5.95 Å². The second-order valence-corrected chi connectivity index (χ2v) is 4.93. The molecule has 0 unspecified atom stereocenters. The predicted octanol–water partition coefficient (Wildman–Crippen LogP) is 4.43. The fourth-order valence-electron chi connectivity index (χ4n) is 2.38. The molecule has 2 aromatic carbocycles. The standard InChI is InChI=1S/C19H13FN2O/c1-23-15-9-7-13(8-10-15)16-11-18(14-5-3-2-4-6-14)22-19(20)17(16)12-21/h2-11H,1H3. The molecule has 0 aliphatic rings. The number of pyridine rings is 1. The Morgan fingerprint density at radius 1 is 1.00 bits per heavy atom. The van der Waals surface area contributed by atoms with Crippen molar-refractivity contribution < 1.29 is 9.13 Å². The van der Waals surface area contributed by atoms with Crippen LogP contribution in [0.15, 0.2) is 60.7 Å². The van der Waals surface area contributed by atoms with Gasteiger partial charge in [-0.05, 0) is 23.8 Å². The Morgan fingerprint density at radius 2 is 1.70 bits per heavy atom. The van der Waals surface area contributed by atoms with Crippen LogP contribution in [0, 0.1) is 17.3 Å². The van der Waals surface area contributed by atoms with Gasteiger partial charge in [-0.2, -0.15) is 9.65 Å². The minimum Gasteiger partial charge on any atom is -0.497 e. The summed E-state index contributed by atoms with van der Waals surface area (Å²) in [5.74, 6) is -0.0651. The van der Waals surface area contributed by atoms with E-state index in [0.717, 1.165) is 11.1 Å². The highest BCUT2D eigenvalue weighted by Crippen LogP contribution is 2.30. The molecule has 112 valence electrons. The summed E-state index contributed by atoms with van der Waals surface area (Å²) in [6, 6.07) is 20.1. The summed E-state index contributed by atoms with van der Waals surface area (Å²) in [6.45, 7) is 0. The van der Waals surface area contributed by atoms with Gasteiger partial charge in [-0.1, -0.05) is 42.5 Å². The molecule has 3 aromatic rings. The van der Waals surface area contributed by atoms with Crippen LogP contribution in [-0.4, -0.2) is 12.1 Å². The Balaban J connectivity index is 2.18. The zero-order valence-electron chi connectivity index (χ0n) is 12.5. The van der Waals surface area contributed by atoms with Gasteiger partial charge >= 0.3 is 0 Å². The lowest BCUT2D eigenvalue weighted by Gasteiger charge is -2.09. The number of aromatic nitrogens is 1. The van der Waals surface area contributed by atoms with Crippen LogP contribution in [0.25, 0.3) is 22.4 Å². The van der Waals surface area contributed by atoms with Gasteiger partial charge in [0, 0.05) is 11.1 Å². The van der Waals surface area contributed by atoms with Crippen LogP contribution in [-0.2, 0) is 0 Å². The van der Waals surface area contributed by atoms with E-state index in [1.54, 1.807) is 37.4 Å². The van der Waals surface area contributed by atoms with Gasteiger partial charge in [-0.25, -0.2) is 4.98 Å². The van der Waals surface area contributed by atoms with Crippen molar-refractivity contribution in [3.63, 3.8) is 0 Å². The number of methoxy groups -OCH3 is 1. The molecule has 0 aliphatic heterocycles. The highest BCUT2D eigenvalue weighted by molar-refractivity contribution is 5.75. The quantitative estimate of drug-likeness (QED) is 0.672. The van der Waals surface area contributed by atoms with E-state index in [4.69, 9.17) is 4.74 Å². The van der Waals surface area contributed by atoms with Crippen molar-refractivity contribution in [2.24, 2.45) is 0 Å². The third-order valence-electron chi connectivity index (χ3n) is 3.56. The number of nitriles is 1. The molecule has 0 amide bonds. The van der Waals surface area contributed by atoms with Crippen LogP contribution in [0.4, 0.5) is 4.39 Å². The number of halogens is 1. The minimum absolute atomic E-state index is 0.0603. The number of nitrogens with zero attached hydrogens (tertiary/aromatic N) is 2. The van der Waals surface area contributed by atoms with Crippen LogP contribution in [0.1, 0.15) is 5.56 Å². The highest BCUT2D eigenvalue weighted by atomic mass is 19.1. The molecule has 23 heavy (non-hydrogen) atoms. The van der Waals surface area contributed by atoms with E-state index in [1.807, 2.05) is 36.4 Å². The van der Waals surface area contributed by atoms with Crippen molar-refractivity contribution in [2.75, 3.05) is 7.11 Å². The fourth-order valence-corrected chi connectivity index (χ4v) is 2.38. The van der Waals surface area contributed by atoms with E-state index in [2.05, 4.69) is 4.98 Å². The third-order valence-corrected chi connectivity index (χ3v) is 3.56. The molecule has 0 N–H and O–H groups in total. The van der Waals surface area contributed by atoms with Crippen molar-refractivity contribution in [1.29, 1.82) is 5.26 Å². The molecule has 0 bridgehead atoms. The summed E-state index contributed by atoms with van der Waals surface area (Å²) in [7, 11) is 1.58. The van der Waals surface area contributed by atoms with Crippen LogP contribution >= 0.6 is 0 Å². The lowest BCUT2D eigenvalue weighted by molar-refractivity contribution is 0.415. The largest absolute Gasteiger partial charge is 0.497 e. The van der Waals surface area contributed by atoms with E-state index in [-0.39, 0.29) is 5.56 Å². The Hall–Kier alpha value is -3.19. The molecule has 1 aromatic heterocycles. The number of hydrogen-bond donors (Lipinski definition) is 0. The predicted molar refractivity (Wildman–Crippen MR) is 86.3 cm³/mol. The van der Waals surface area contributed by atoms with Gasteiger partial charge in [-0.3, -0.25) is 0 Å². The van der Waals surface area contributed by atoms with E-state index >= 15 is 0 Å². The first-order chi connectivity index (χ1) is 11.2. The molecule has 0 spiro atoms. The second kappa shape index (κ2) is 6.29. The average molecular weight is 304 g/mol. The molecule has 4 heteroatoms. The number of hydrogen-bond acceptors (Lipinski definition) is 3. The minimum atomic E-state index is -0.764. The number of benzene rings is 2. The van der Waals surface area contributed by atoms with E-state index in [0.29, 0.717) is 17.0 Å². The molecule has 0 saturated heterocycles. The monoisotopic (exact) mass is 304 g/mol. The van der Waals surface area contributed by atoms with Gasteiger partial charge in [0.1, 0.15) is 17.4 Å². The molecule has 0 saturated carbocycles. The van der Waals surface area contributed by atoms with Gasteiger partial charge < -0.3 is 4.74 Å². The van der Waals surface area contributed by atoms with Crippen LogP contribution < -0.4 is 4.74 Å². The molecule has 3 nitrogen and oxygen atoms in total. The zero-order chi connectivity index (χ0) is 16.2. The third kappa shape index (κ3) is 2.90. The maximum atomic E-state index is 14.3. The Kier molecular flexibility index (Phi) is 4.03. The second-order valence-electron chi connectivity index (χ2n) is 4.93. The van der Waals surface area contributed by atoms with Crippen LogP contribution in [0.3, 0.4) is 0 Å². The summed E-state index contributed by atoms with van der Waals surface area (Å²) in [6.07, 6.45) is 0. The number of rotatable bonds is 3. The smallest absolute Gasteiger partial charge is 0.232 e. The van der Waals surface area contributed by atoms with Crippen molar-refractivity contribution in [1.82, 2.24) is 4.98 Å². The molecule has 0 atom stereocenters. The summed E-state index contributed by atoms with van der Waals surface area (Å²) in [5, 5.41) is 9.27. The summed E-state index contributed by atoms with van der Waals surface area (Å²) in [5.41, 5.74) is 2.48. The maximum absolute atomic E-state index is 14.3. The molecule has 1 heterocycles. The molecular weight excluding hydrogens is 291 g/mol. The Morgan fingerprint density at radius 3 is 2.30 bits per heavy atom. The van der Waals surface area contributed by atoms with E-state index in [9.17, 15) is 9.65 Å². The summed E-state index contributed by atoms with van der Waals surface area (Å²) in [4.78, 5) is 3.92. The summed E-state index contributed by atoms with van der Waals surface area (Å²) < 4.78 is 19.4. The topological polar surface area (TPSA) is 45.9 Å². The van der Waals surface area contributed by atoms with Crippen LogP contribution in [0.2, 0.25) is 0 Å². The Labute approximate surface area is 133 Å². The zero-order valence-corrected chi connectivity index (χ0v) is 12.5. The van der Waals surface area contributed by atoms with Crippen LogP contribution in [0.5, 0.6) is 5.75 Å². The molecule has 0 fully saturated rings. The molecular formula is C19H13FN2O. The first-order valence-corrected chi connectivity index (χ1v) is 7.03. The number of ether oxygens (including phenoxy) is 1. The normalized spacial score (nSPS) is 10.1. The van der Waals surface area contributed by atoms with Crippen molar-refractivity contribution in [2.45, 2.75) is 0 Å².